The first kappa shape index (κ1) is 10.9. The van der Waals surface area contributed by atoms with Crippen molar-refractivity contribution in [3.05, 3.63) is 34.7 Å². The Morgan fingerprint density at radius 3 is 2.69 bits per heavy atom. The number of fused-ring (bicyclic) bond motifs is 1. The van der Waals surface area contributed by atoms with Crippen LogP contribution in [0.4, 0.5) is 13.2 Å². The highest BCUT2D eigenvalue weighted by atomic mass is 32.1. The Hall–Kier alpha value is -1.56. The van der Waals surface area contributed by atoms with Crippen molar-refractivity contribution in [2.45, 2.75) is 6.18 Å². The Morgan fingerprint density at radius 2 is 2.06 bits per heavy atom. The maximum Gasteiger partial charge on any atom is 0.417 e. The highest BCUT2D eigenvalue weighted by molar-refractivity contribution is 7.17. The molecule has 0 bridgehead atoms. The average molecular weight is 244 g/mol. The molecule has 0 radical (unpaired) electrons. The second-order valence-corrected chi connectivity index (χ2v) is 4.06. The summed E-state index contributed by atoms with van der Waals surface area (Å²) in [6.45, 7) is 0. The van der Waals surface area contributed by atoms with Gasteiger partial charge in [0, 0.05) is 21.0 Å². The molecule has 1 aromatic heterocycles. The smallest absolute Gasteiger partial charge is 0.323 e. The first-order valence-corrected chi connectivity index (χ1v) is 5.22. The summed E-state index contributed by atoms with van der Waals surface area (Å²) in [5.41, 5.74) is -0.253. The number of nitrogens with two attached hydrogens (primary N) is 1. The molecule has 84 valence electrons. The van der Waals surface area contributed by atoms with Crippen LogP contribution >= 0.6 is 11.3 Å². The number of thiophene rings is 1. The Balaban J connectivity index is 2.78. The summed E-state index contributed by atoms with van der Waals surface area (Å²) in [5.74, 6) is 4.97. The Labute approximate surface area is 93.2 Å². The molecule has 16 heavy (non-hydrogen) atoms. The van der Waals surface area contributed by atoms with E-state index in [1.165, 1.54) is 6.21 Å². The topological polar surface area (TPSA) is 38.4 Å². The van der Waals surface area contributed by atoms with Gasteiger partial charge in [-0.15, -0.1) is 11.3 Å². The molecule has 2 rings (SSSR count). The van der Waals surface area contributed by atoms with Crippen LogP contribution in [0.2, 0.25) is 0 Å². The van der Waals surface area contributed by atoms with E-state index in [9.17, 15) is 13.2 Å². The number of benzene rings is 1. The van der Waals surface area contributed by atoms with Crippen molar-refractivity contribution in [1.29, 1.82) is 0 Å². The van der Waals surface area contributed by atoms with E-state index in [2.05, 4.69) is 5.10 Å². The molecule has 0 spiro atoms. The molecule has 0 aliphatic heterocycles. The number of hydrogen-bond acceptors (Lipinski definition) is 3. The zero-order valence-electron chi connectivity index (χ0n) is 7.95. The van der Waals surface area contributed by atoms with Crippen LogP contribution in [0, 0.1) is 0 Å². The summed E-state index contributed by atoms with van der Waals surface area (Å²) in [5, 5.41) is 4.54. The first-order chi connectivity index (χ1) is 7.54. The lowest BCUT2D eigenvalue weighted by Gasteiger charge is -2.06. The van der Waals surface area contributed by atoms with Crippen LogP contribution in [0.25, 0.3) is 10.1 Å². The van der Waals surface area contributed by atoms with Gasteiger partial charge in [0.2, 0.25) is 0 Å². The molecule has 0 aliphatic rings. The summed E-state index contributed by atoms with van der Waals surface area (Å²) in [7, 11) is 0. The van der Waals surface area contributed by atoms with E-state index in [0.29, 0.717) is 10.3 Å². The molecule has 2 nitrogen and oxygen atoms in total. The lowest BCUT2D eigenvalue weighted by Crippen LogP contribution is -2.04. The second kappa shape index (κ2) is 3.79. The third kappa shape index (κ3) is 1.76. The minimum atomic E-state index is -4.35. The van der Waals surface area contributed by atoms with Gasteiger partial charge in [0.1, 0.15) is 0 Å². The predicted octanol–water partition coefficient (Wildman–Crippen LogP) is 3.21. The lowest BCUT2D eigenvalue weighted by molar-refractivity contribution is -0.136. The third-order valence-electron chi connectivity index (χ3n) is 2.15. The van der Waals surface area contributed by atoms with Gasteiger partial charge < -0.3 is 5.84 Å². The van der Waals surface area contributed by atoms with Crippen LogP contribution in [0.3, 0.4) is 0 Å². The van der Waals surface area contributed by atoms with Crippen molar-refractivity contribution in [3.63, 3.8) is 0 Å². The standard InChI is InChI=1S/C10H7F3N2S/c11-10(12,13)7-5-16-8-3-1-2-6(4-15-14)9(7)8/h1-5H,14H2. The molecule has 0 unspecified atom stereocenters. The number of rotatable bonds is 1. The molecule has 6 heteroatoms. The Kier molecular flexibility index (Phi) is 2.59. The van der Waals surface area contributed by atoms with E-state index in [1.54, 1.807) is 18.2 Å². The second-order valence-electron chi connectivity index (χ2n) is 3.15. The fourth-order valence-electron chi connectivity index (χ4n) is 1.51. The monoisotopic (exact) mass is 244 g/mol. The Bertz CT molecular complexity index is 542. The van der Waals surface area contributed by atoms with Crippen LogP contribution < -0.4 is 5.84 Å². The van der Waals surface area contributed by atoms with Gasteiger partial charge in [0.25, 0.3) is 0 Å². The maximum atomic E-state index is 12.7. The van der Waals surface area contributed by atoms with Crippen molar-refractivity contribution in [1.82, 2.24) is 0 Å². The van der Waals surface area contributed by atoms with Gasteiger partial charge in [-0.05, 0) is 6.07 Å². The van der Waals surface area contributed by atoms with Gasteiger partial charge in [-0.2, -0.15) is 18.3 Å². The van der Waals surface area contributed by atoms with E-state index >= 15 is 0 Å². The molecule has 0 saturated carbocycles. The van der Waals surface area contributed by atoms with E-state index in [1.807, 2.05) is 0 Å². The summed E-state index contributed by atoms with van der Waals surface area (Å²) < 4.78 is 38.7. The van der Waals surface area contributed by atoms with Crippen molar-refractivity contribution in [2.75, 3.05) is 0 Å². The minimum absolute atomic E-state index is 0.161. The fraction of sp³-hybridized carbons (Fsp3) is 0.100. The zero-order valence-corrected chi connectivity index (χ0v) is 8.77. The van der Waals surface area contributed by atoms with Crippen molar-refractivity contribution in [2.24, 2.45) is 10.9 Å². The molecule has 0 amide bonds. The molecule has 2 N–H and O–H groups in total. The van der Waals surface area contributed by atoms with Crippen molar-refractivity contribution < 1.29 is 13.2 Å². The number of hydrogen-bond donors (Lipinski definition) is 1. The van der Waals surface area contributed by atoms with E-state index in [0.717, 1.165) is 16.7 Å². The number of alkyl halides is 3. The van der Waals surface area contributed by atoms with Crippen LogP contribution in [0.5, 0.6) is 0 Å². The van der Waals surface area contributed by atoms with Crippen LogP contribution in [0.1, 0.15) is 11.1 Å². The number of nitrogens with zero attached hydrogens (tertiary/aromatic N) is 1. The molecule has 0 fully saturated rings. The summed E-state index contributed by atoms with van der Waals surface area (Å²) >= 11 is 1.06. The largest absolute Gasteiger partial charge is 0.417 e. The predicted molar refractivity (Wildman–Crippen MR) is 58.6 cm³/mol. The van der Waals surface area contributed by atoms with Gasteiger partial charge >= 0.3 is 6.18 Å². The van der Waals surface area contributed by atoms with Gasteiger partial charge in [-0.1, -0.05) is 12.1 Å². The minimum Gasteiger partial charge on any atom is -0.323 e. The molecule has 0 saturated heterocycles. The highest BCUT2D eigenvalue weighted by Gasteiger charge is 2.34. The van der Waals surface area contributed by atoms with E-state index < -0.39 is 11.7 Å². The van der Waals surface area contributed by atoms with E-state index in [4.69, 9.17) is 5.84 Å². The maximum absolute atomic E-state index is 12.7. The van der Waals surface area contributed by atoms with E-state index in [-0.39, 0.29) is 5.39 Å². The van der Waals surface area contributed by atoms with Crippen LogP contribution in [-0.2, 0) is 6.18 Å². The summed E-state index contributed by atoms with van der Waals surface area (Å²) in [6.07, 6.45) is -3.12. The van der Waals surface area contributed by atoms with Gasteiger partial charge in [0.05, 0.1) is 11.8 Å². The van der Waals surface area contributed by atoms with Gasteiger partial charge in [-0.25, -0.2) is 0 Å². The molecule has 0 atom stereocenters. The molecular weight excluding hydrogens is 237 g/mol. The number of halogens is 3. The molecule has 1 aromatic carbocycles. The molecule has 0 aliphatic carbocycles. The quantitative estimate of drug-likeness (QED) is 0.467. The summed E-state index contributed by atoms with van der Waals surface area (Å²) in [4.78, 5) is 0. The average Bonchev–Trinajstić information content (AvgIpc) is 2.62. The van der Waals surface area contributed by atoms with Crippen LogP contribution in [0.15, 0.2) is 28.7 Å². The van der Waals surface area contributed by atoms with Crippen molar-refractivity contribution in [3.8, 4) is 0 Å². The molecule has 2 aromatic rings. The third-order valence-corrected chi connectivity index (χ3v) is 3.10. The van der Waals surface area contributed by atoms with Gasteiger partial charge in [0.15, 0.2) is 0 Å². The Morgan fingerprint density at radius 1 is 1.31 bits per heavy atom. The van der Waals surface area contributed by atoms with Crippen LogP contribution in [-0.4, -0.2) is 6.21 Å². The highest BCUT2D eigenvalue weighted by Crippen LogP contribution is 2.39. The zero-order chi connectivity index (χ0) is 11.8. The first-order valence-electron chi connectivity index (χ1n) is 4.34. The normalized spacial score (nSPS) is 12.7. The SMILES string of the molecule is NN=Cc1cccc2scc(C(F)(F)F)c12. The molecular formula is C10H7F3N2S. The molecule has 1 heterocycles. The van der Waals surface area contributed by atoms with Gasteiger partial charge in [-0.3, -0.25) is 0 Å². The number of hydrazone groups is 1. The van der Waals surface area contributed by atoms with Crippen molar-refractivity contribution >= 4 is 27.6 Å². The fourth-order valence-corrected chi connectivity index (χ4v) is 2.51. The lowest BCUT2D eigenvalue weighted by atomic mass is 10.1. The summed E-state index contributed by atoms with van der Waals surface area (Å²) in [6, 6.07) is 4.87.